The van der Waals surface area contributed by atoms with E-state index in [1.165, 1.54) is 0 Å². The average molecular weight is 400 g/mol. The standard InChI is InChI=1S/C8H12N2O9S.4Na/c9-5(11)1-4(20(17,18)19)6(12)10-2-3(7(13)14)8(15)16;;;;/h3-4H,1-2H2,(H2,9,11)(H,10,12)(H,13,14)(H,15,16)(H,17,18,19);;;;/q;4*+1/p-4. The van der Waals surface area contributed by atoms with Gasteiger partial charge in [0.15, 0.2) is 0 Å². The third-order valence-corrected chi connectivity index (χ3v) is 3.14. The fraction of sp³-hybridized carbons (Fsp3) is 0.500. The van der Waals surface area contributed by atoms with E-state index in [0.717, 1.165) is 0 Å². The van der Waals surface area contributed by atoms with E-state index in [9.17, 15) is 42.7 Å². The van der Waals surface area contributed by atoms with Crippen LogP contribution in [0.1, 0.15) is 6.42 Å². The van der Waals surface area contributed by atoms with E-state index in [1.54, 1.807) is 5.32 Å². The number of amides is 1. The predicted octanol–water partition coefficient (Wildman–Crippen LogP) is -18.1. The molecule has 1 amide bonds. The molecule has 0 saturated heterocycles. The molecule has 0 aliphatic carbocycles. The van der Waals surface area contributed by atoms with E-state index >= 15 is 0 Å². The summed E-state index contributed by atoms with van der Waals surface area (Å²) < 4.78 is 32.1. The van der Waals surface area contributed by atoms with Gasteiger partial charge in [-0.25, -0.2) is 8.42 Å². The first kappa shape index (κ1) is 36.7. The Hall–Kier alpha value is 1.79. The van der Waals surface area contributed by atoms with Crippen LogP contribution in [0.25, 0.3) is 0 Å². The Balaban J connectivity index is -0.000000301. The van der Waals surface area contributed by atoms with Crippen LogP contribution in [-0.4, -0.2) is 48.5 Å². The summed E-state index contributed by atoms with van der Waals surface area (Å²) in [6.45, 7) is -1.10. The monoisotopic (exact) mass is 400 g/mol. The molecule has 11 nitrogen and oxygen atoms in total. The summed E-state index contributed by atoms with van der Waals surface area (Å²) in [5, 5.41) is 36.8. The second kappa shape index (κ2) is 16.9. The Morgan fingerprint density at radius 2 is 1.33 bits per heavy atom. The van der Waals surface area contributed by atoms with Crippen LogP contribution in [0.15, 0.2) is 0 Å². The van der Waals surface area contributed by atoms with Gasteiger partial charge in [0.25, 0.3) is 0 Å². The molecule has 0 fully saturated rings. The van der Waals surface area contributed by atoms with E-state index in [2.05, 4.69) is 0 Å². The van der Waals surface area contributed by atoms with Crippen molar-refractivity contribution in [1.82, 2.24) is 5.32 Å². The fourth-order valence-electron chi connectivity index (χ4n) is 1.07. The minimum atomic E-state index is -5.28. The zero-order valence-corrected chi connectivity index (χ0v) is 22.5. The molecule has 0 rings (SSSR count). The molecule has 0 aliphatic heterocycles. The Morgan fingerprint density at radius 1 is 0.958 bits per heavy atom. The van der Waals surface area contributed by atoms with Gasteiger partial charge in [-0.1, -0.05) is 0 Å². The number of nitrogens with one attached hydrogen (secondary N) is 2. The number of hydrogen-bond donors (Lipinski definition) is 2. The van der Waals surface area contributed by atoms with E-state index < -0.39 is 58.0 Å². The van der Waals surface area contributed by atoms with Gasteiger partial charge < -0.3 is 40.2 Å². The summed E-state index contributed by atoms with van der Waals surface area (Å²) in [6.07, 6.45) is -1.24. The van der Waals surface area contributed by atoms with Crippen molar-refractivity contribution in [2.45, 2.75) is 11.7 Å². The first-order valence-electron chi connectivity index (χ1n) is 4.85. The van der Waals surface area contributed by atoms with Crippen LogP contribution < -0.4 is 139 Å². The van der Waals surface area contributed by atoms with Crippen molar-refractivity contribution in [1.29, 1.82) is 5.41 Å². The maximum Gasteiger partial charge on any atom is 1.00 e. The molecule has 24 heavy (non-hydrogen) atoms. The van der Waals surface area contributed by atoms with E-state index in [0.29, 0.717) is 0 Å². The number of carbonyl (C=O) groups is 3. The summed E-state index contributed by atoms with van der Waals surface area (Å²) in [5.74, 6) is -9.55. The smallest absolute Gasteiger partial charge is 0.862 e. The van der Waals surface area contributed by atoms with Gasteiger partial charge in [-0.2, -0.15) is 0 Å². The second-order valence-corrected chi connectivity index (χ2v) is 5.10. The van der Waals surface area contributed by atoms with Gasteiger partial charge in [-0.3, -0.25) is 4.79 Å². The third-order valence-electron chi connectivity index (χ3n) is 2.06. The largest absolute Gasteiger partial charge is 1.00 e. The molecule has 1 atom stereocenters. The second-order valence-electron chi connectivity index (χ2n) is 3.54. The summed E-state index contributed by atoms with van der Waals surface area (Å²) >= 11 is 0. The van der Waals surface area contributed by atoms with Crippen molar-refractivity contribution in [2.75, 3.05) is 6.54 Å². The minimum absolute atomic E-state index is 0. The van der Waals surface area contributed by atoms with Gasteiger partial charge >= 0.3 is 118 Å². The predicted molar refractivity (Wildman–Crippen MR) is 52.3 cm³/mol. The van der Waals surface area contributed by atoms with Crippen molar-refractivity contribution in [3.8, 4) is 0 Å². The van der Waals surface area contributed by atoms with E-state index in [1.807, 2.05) is 0 Å². The minimum Gasteiger partial charge on any atom is -0.862 e. The Bertz CT molecular complexity index is 528. The number of carbonyl (C=O) groups excluding carboxylic acids is 3. The zero-order valence-electron chi connectivity index (χ0n) is 13.7. The summed E-state index contributed by atoms with van der Waals surface area (Å²) in [4.78, 5) is 32.0. The molecule has 0 aliphatic rings. The molecular weight excluding hydrogens is 392 g/mol. The van der Waals surface area contributed by atoms with Crippen LogP contribution in [0, 0.1) is 11.3 Å². The van der Waals surface area contributed by atoms with Gasteiger partial charge in [-0.05, 0) is 12.3 Å². The summed E-state index contributed by atoms with van der Waals surface area (Å²) in [7, 11) is -5.28. The van der Waals surface area contributed by atoms with Gasteiger partial charge in [-0.15, -0.1) is 0 Å². The Morgan fingerprint density at radius 3 is 1.58 bits per heavy atom. The Kier molecular flexibility index (Phi) is 25.9. The Labute approximate surface area is 226 Å². The fourth-order valence-corrected chi connectivity index (χ4v) is 1.77. The molecule has 16 heteroatoms. The first-order chi connectivity index (χ1) is 8.96. The first-order valence-corrected chi connectivity index (χ1v) is 6.32. The molecule has 1 unspecified atom stereocenters. The van der Waals surface area contributed by atoms with Crippen molar-refractivity contribution in [3.05, 3.63) is 0 Å². The number of carboxylic acids is 2. The van der Waals surface area contributed by atoms with Gasteiger partial charge in [0.05, 0.1) is 17.9 Å². The summed E-state index contributed by atoms with van der Waals surface area (Å²) in [6, 6.07) is 0. The maximum absolute atomic E-state index is 11.3. The molecule has 0 aromatic heterocycles. The number of aliphatic carboxylic acids is 2. The maximum atomic E-state index is 11.3. The van der Waals surface area contributed by atoms with Crippen LogP contribution in [0.5, 0.6) is 0 Å². The molecule has 0 bridgehead atoms. The molecule has 0 saturated carbocycles. The van der Waals surface area contributed by atoms with Gasteiger partial charge in [0, 0.05) is 6.54 Å². The summed E-state index contributed by atoms with van der Waals surface area (Å²) in [5.41, 5.74) is 0. The molecule has 0 aromatic carbocycles. The van der Waals surface area contributed by atoms with E-state index in [-0.39, 0.29) is 118 Å². The molecule has 114 valence electrons. The van der Waals surface area contributed by atoms with Crippen LogP contribution >= 0.6 is 0 Å². The number of hydrogen-bond acceptors (Lipinski definition) is 10. The SMILES string of the molecule is N=C([O-])CC(C(=O)NCC(C(=O)[O-])C(=O)[O-])S(=O)(=O)[O-].[Na+].[Na+].[Na+].[Na+]. The molecule has 2 N–H and O–H groups in total. The van der Waals surface area contributed by atoms with Crippen molar-refractivity contribution in [2.24, 2.45) is 5.92 Å². The normalized spacial score (nSPS) is 10.6. The zero-order chi connectivity index (χ0) is 16.1. The van der Waals surface area contributed by atoms with Crippen molar-refractivity contribution in [3.63, 3.8) is 0 Å². The van der Waals surface area contributed by atoms with Gasteiger partial charge in [0.2, 0.25) is 5.91 Å². The molecule has 0 aromatic rings. The molecule has 0 spiro atoms. The number of carboxylic acid groups (broad SMARTS) is 2. The third kappa shape index (κ3) is 14.9. The number of rotatable bonds is 8. The molecular formula is C8H8N2Na4O9S. The molecule has 0 radical (unpaired) electrons. The molecule has 0 heterocycles. The van der Waals surface area contributed by atoms with E-state index in [4.69, 9.17) is 5.41 Å². The van der Waals surface area contributed by atoms with Crippen LogP contribution in [0.2, 0.25) is 0 Å². The van der Waals surface area contributed by atoms with Gasteiger partial charge in [0.1, 0.15) is 15.4 Å². The van der Waals surface area contributed by atoms with Crippen LogP contribution in [-0.2, 0) is 24.5 Å². The van der Waals surface area contributed by atoms with Crippen molar-refractivity contribution >= 4 is 33.9 Å². The quantitative estimate of drug-likeness (QED) is 0.130. The average Bonchev–Trinajstić information content (AvgIpc) is 2.22. The van der Waals surface area contributed by atoms with Crippen LogP contribution in [0.4, 0.5) is 0 Å². The topological polar surface area (TPSA) is 213 Å². The van der Waals surface area contributed by atoms with Crippen molar-refractivity contribution < 1.29 is 161 Å². The van der Waals surface area contributed by atoms with Crippen LogP contribution in [0.3, 0.4) is 0 Å².